The fourth-order valence-electron chi connectivity index (χ4n) is 2.64. The third-order valence-corrected chi connectivity index (χ3v) is 5.21. The molecule has 4 nitrogen and oxygen atoms in total. The molecule has 0 aliphatic heterocycles. The lowest BCUT2D eigenvalue weighted by molar-refractivity contribution is -0.384. The summed E-state index contributed by atoms with van der Waals surface area (Å²) in [6, 6.07) is 25.4. The number of nitro groups is 1. The first-order valence-corrected chi connectivity index (χ1v) is 9.06. The highest BCUT2D eigenvalue weighted by Gasteiger charge is 2.20. The van der Waals surface area contributed by atoms with E-state index in [0.717, 1.165) is 10.5 Å². The zero-order valence-electron chi connectivity index (χ0n) is 13.9. The van der Waals surface area contributed by atoms with Crippen molar-refractivity contribution in [1.82, 2.24) is 0 Å². The van der Waals surface area contributed by atoms with Crippen LogP contribution < -0.4 is 0 Å². The van der Waals surface area contributed by atoms with Crippen molar-refractivity contribution in [3.8, 4) is 0 Å². The number of carbonyl (C=O) groups is 1. The molecule has 26 heavy (non-hydrogen) atoms. The van der Waals surface area contributed by atoms with Gasteiger partial charge in [-0.05, 0) is 17.7 Å². The van der Waals surface area contributed by atoms with E-state index in [1.54, 1.807) is 36.0 Å². The second-order valence-electron chi connectivity index (χ2n) is 5.76. The average molecular weight is 363 g/mol. The van der Waals surface area contributed by atoms with Gasteiger partial charge in [-0.15, -0.1) is 11.8 Å². The first-order chi connectivity index (χ1) is 12.6. The Kier molecular flexibility index (Phi) is 5.81. The van der Waals surface area contributed by atoms with Gasteiger partial charge in [0, 0.05) is 34.3 Å². The summed E-state index contributed by atoms with van der Waals surface area (Å²) in [6.45, 7) is 0. The topological polar surface area (TPSA) is 60.2 Å². The van der Waals surface area contributed by atoms with Crippen LogP contribution in [0.25, 0.3) is 0 Å². The van der Waals surface area contributed by atoms with Crippen molar-refractivity contribution < 1.29 is 9.72 Å². The van der Waals surface area contributed by atoms with Gasteiger partial charge in [0.05, 0.1) is 4.92 Å². The molecular weight excluding hydrogens is 346 g/mol. The predicted octanol–water partition coefficient (Wildman–Crippen LogP) is 5.70. The van der Waals surface area contributed by atoms with Gasteiger partial charge < -0.3 is 0 Å². The van der Waals surface area contributed by atoms with E-state index in [4.69, 9.17) is 0 Å². The Morgan fingerprint density at radius 2 is 1.58 bits per heavy atom. The molecule has 3 aromatic carbocycles. The predicted molar refractivity (Wildman–Crippen MR) is 104 cm³/mol. The second-order valence-corrected chi connectivity index (χ2v) is 7.04. The Labute approximate surface area is 156 Å². The van der Waals surface area contributed by atoms with E-state index < -0.39 is 4.92 Å². The van der Waals surface area contributed by atoms with Crippen molar-refractivity contribution in [2.24, 2.45) is 0 Å². The molecular formula is C21H17NO3S. The molecule has 0 heterocycles. The zero-order valence-corrected chi connectivity index (χ0v) is 14.8. The highest BCUT2D eigenvalue weighted by atomic mass is 32.2. The molecule has 5 heteroatoms. The van der Waals surface area contributed by atoms with E-state index >= 15 is 0 Å². The molecule has 1 atom stereocenters. The lowest BCUT2D eigenvalue weighted by Crippen LogP contribution is -2.06. The van der Waals surface area contributed by atoms with Gasteiger partial charge in [-0.2, -0.15) is 0 Å². The first kappa shape index (κ1) is 17.9. The summed E-state index contributed by atoms with van der Waals surface area (Å²) < 4.78 is 0. The Hall–Kier alpha value is -2.92. The minimum absolute atomic E-state index is 0.0190. The average Bonchev–Trinajstić information content (AvgIpc) is 2.69. The summed E-state index contributed by atoms with van der Waals surface area (Å²) in [5, 5.41) is 10.9. The molecule has 130 valence electrons. The Bertz CT molecular complexity index is 897. The van der Waals surface area contributed by atoms with Crippen LogP contribution in [0.2, 0.25) is 0 Å². The van der Waals surface area contributed by atoms with Gasteiger partial charge in [0.25, 0.3) is 5.69 Å². The summed E-state index contributed by atoms with van der Waals surface area (Å²) in [7, 11) is 0. The number of ketones is 1. The largest absolute Gasteiger partial charge is 0.294 e. The van der Waals surface area contributed by atoms with Gasteiger partial charge >= 0.3 is 0 Å². The van der Waals surface area contributed by atoms with Crippen LogP contribution in [0.5, 0.6) is 0 Å². The van der Waals surface area contributed by atoms with E-state index in [-0.39, 0.29) is 23.1 Å². The smallest absolute Gasteiger partial charge is 0.269 e. The van der Waals surface area contributed by atoms with Gasteiger partial charge in [0.1, 0.15) is 0 Å². The van der Waals surface area contributed by atoms with Gasteiger partial charge in [-0.1, -0.05) is 60.7 Å². The molecule has 0 bridgehead atoms. The lowest BCUT2D eigenvalue weighted by Gasteiger charge is -2.16. The molecule has 0 N–H and O–H groups in total. The number of nitro benzene ring substituents is 1. The number of hydrogen-bond donors (Lipinski definition) is 0. The minimum atomic E-state index is -0.410. The van der Waals surface area contributed by atoms with Gasteiger partial charge in [-0.25, -0.2) is 0 Å². The van der Waals surface area contributed by atoms with Crippen molar-refractivity contribution >= 4 is 23.2 Å². The molecule has 0 spiro atoms. The number of carbonyl (C=O) groups excluding carboxylic acids is 1. The van der Waals surface area contributed by atoms with E-state index in [1.807, 2.05) is 54.6 Å². The monoisotopic (exact) mass is 363 g/mol. The quantitative estimate of drug-likeness (QED) is 0.234. The third-order valence-electron chi connectivity index (χ3n) is 3.94. The Balaban J connectivity index is 1.90. The molecule has 3 rings (SSSR count). The van der Waals surface area contributed by atoms with Gasteiger partial charge in [-0.3, -0.25) is 14.9 Å². The van der Waals surface area contributed by atoms with Crippen LogP contribution in [-0.2, 0) is 0 Å². The maximum atomic E-state index is 12.7. The summed E-state index contributed by atoms with van der Waals surface area (Å²) in [4.78, 5) is 24.4. The van der Waals surface area contributed by atoms with E-state index in [1.165, 1.54) is 6.07 Å². The lowest BCUT2D eigenvalue weighted by atomic mass is 10.0. The standard InChI is InChI=1S/C21H17NO3S/c23-20(16-8-3-1-4-9-16)15-21(26-19-12-5-2-6-13-19)17-10-7-11-18(14-17)22(24)25/h1-14,21H,15H2. The molecule has 0 aliphatic carbocycles. The maximum absolute atomic E-state index is 12.7. The Morgan fingerprint density at radius 1 is 0.923 bits per heavy atom. The number of benzene rings is 3. The molecule has 0 saturated carbocycles. The molecule has 0 amide bonds. The highest BCUT2D eigenvalue weighted by Crippen LogP contribution is 2.39. The van der Waals surface area contributed by atoms with Gasteiger partial charge in [0.2, 0.25) is 0 Å². The van der Waals surface area contributed by atoms with Gasteiger partial charge in [0.15, 0.2) is 5.78 Å². The molecule has 0 aliphatic rings. The summed E-state index contributed by atoms with van der Waals surface area (Å²) >= 11 is 1.54. The summed E-state index contributed by atoms with van der Waals surface area (Å²) in [5.41, 5.74) is 1.46. The molecule has 1 unspecified atom stereocenters. The molecule has 0 saturated heterocycles. The maximum Gasteiger partial charge on any atom is 0.269 e. The molecule has 0 radical (unpaired) electrons. The normalized spacial score (nSPS) is 11.7. The van der Waals surface area contributed by atoms with Crippen molar-refractivity contribution in [3.63, 3.8) is 0 Å². The van der Waals surface area contributed by atoms with Crippen LogP contribution in [-0.4, -0.2) is 10.7 Å². The van der Waals surface area contributed by atoms with Crippen LogP contribution in [0.1, 0.15) is 27.6 Å². The van der Waals surface area contributed by atoms with Crippen molar-refractivity contribution in [2.45, 2.75) is 16.6 Å². The zero-order chi connectivity index (χ0) is 18.4. The molecule has 0 fully saturated rings. The van der Waals surface area contributed by atoms with E-state index in [9.17, 15) is 14.9 Å². The van der Waals surface area contributed by atoms with E-state index in [0.29, 0.717) is 5.56 Å². The minimum Gasteiger partial charge on any atom is -0.294 e. The van der Waals surface area contributed by atoms with Crippen molar-refractivity contribution in [3.05, 3.63) is 106 Å². The Morgan fingerprint density at radius 3 is 2.23 bits per heavy atom. The molecule has 3 aromatic rings. The fraction of sp³-hybridized carbons (Fsp3) is 0.0952. The highest BCUT2D eigenvalue weighted by molar-refractivity contribution is 7.99. The number of thioether (sulfide) groups is 1. The van der Waals surface area contributed by atoms with Crippen molar-refractivity contribution in [2.75, 3.05) is 0 Å². The van der Waals surface area contributed by atoms with Crippen LogP contribution in [0, 0.1) is 10.1 Å². The number of Topliss-reactive ketones (excluding diaryl/α,β-unsaturated/α-hetero) is 1. The fourth-order valence-corrected chi connectivity index (χ4v) is 3.80. The number of rotatable bonds is 7. The number of nitrogens with zero attached hydrogens (tertiary/aromatic N) is 1. The van der Waals surface area contributed by atoms with E-state index in [2.05, 4.69) is 0 Å². The number of non-ortho nitro benzene ring substituents is 1. The summed E-state index contributed by atoms with van der Waals surface area (Å²) in [6.07, 6.45) is 0.269. The number of hydrogen-bond acceptors (Lipinski definition) is 4. The van der Waals surface area contributed by atoms with Crippen LogP contribution in [0.3, 0.4) is 0 Å². The SMILES string of the molecule is O=C(CC(Sc1ccccc1)c1cccc([N+](=O)[O-])c1)c1ccccc1. The van der Waals surface area contributed by atoms with Crippen LogP contribution >= 0.6 is 11.8 Å². The van der Waals surface area contributed by atoms with Crippen molar-refractivity contribution in [1.29, 1.82) is 0 Å². The second kappa shape index (κ2) is 8.45. The third kappa shape index (κ3) is 4.58. The first-order valence-electron chi connectivity index (χ1n) is 8.18. The van der Waals surface area contributed by atoms with Crippen LogP contribution in [0.4, 0.5) is 5.69 Å². The summed E-state index contributed by atoms with van der Waals surface area (Å²) in [5.74, 6) is 0.0190. The molecule has 0 aromatic heterocycles. The van der Waals surface area contributed by atoms with Crippen LogP contribution in [0.15, 0.2) is 89.8 Å².